The van der Waals surface area contributed by atoms with Crippen LogP contribution in [0.3, 0.4) is 0 Å². The number of nitrogen functional groups attached to an aromatic ring is 1. The average molecular weight is 541 g/mol. The molecule has 0 spiro atoms. The second kappa shape index (κ2) is 13.3. The van der Waals surface area contributed by atoms with Crippen molar-refractivity contribution in [1.29, 1.82) is 0 Å². The molecule has 4 N–H and O–H groups in total. The van der Waals surface area contributed by atoms with Gasteiger partial charge in [0.1, 0.15) is 18.1 Å². The molecule has 0 amide bonds. The topological polar surface area (TPSA) is 155 Å². The van der Waals surface area contributed by atoms with E-state index in [-0.39, 0.29) is 43.7 Å². The zero-order valence-electron chi connectivity index (χ0n) is 20.3. The summed E-state index contributed by atoms with van der Waals surface area (Å²) in [5.74, 6) is 0.0852. The molecule has 2 aromatic rings. The first-order chi connectivity index (χ1) is 17.2. The number of aromatic nitrogens is 2. The number of hydrogen-bond acceptors (Lipinski definition) is 10. The molecular weight excluding hydrogens is 507 g/mol. The third kappa shape index (κ3) is 8.07. The van der Waals surface area contributed by atoms with Crippen molar-refractivity contribution in [3.8, 4) is 5.75 Å². The summed E-state index contributed by atoms with van der Waals surface area (Å²) in [6.07, 6.45) is 2.73. The molecule has 0 radical (unpaired) electrons. The number of esters is 1. The van der Waals surface area contributed by atoms with Crippen molar-refractivity contribution in [3.63, 3.8) is 0 Å². The molecule has 1 aliphatic heterocycles. The van der Waals surface area contributed by atoms with Gasteiger partial charge in [0.25, 0.3) is 0 Å². The molecule has 36 heavy (non-hydrogen) atoms. The van der Waals surface area contributed by atoms with Crippen molar-refractivity contribution in [2.45, 2.75) is 49.8 Å². The van der Waals surface area contributed by atoms with Crippen LogP contribution in [-0.4, -0.2) is 51.7 Å². The first-order valence-corrected chi connectivity index (χ1v) is 14.3. The predicted octanol–water partition coefficient (Wildman–Crippen LogP) is 2.96. The highest BCUT2D eigenvalue weighted by Crippen LogP contribution is 2.47. The molecule has 0 bridgehead atoms. The monoisotopic (exact) mass is 540 g/mol. The molecule has 198 valence electrons. The molecule has 0 saturated carbocycles. The number of ether oxygens (including phenoxy) is 1. The van der Waals surface area contributed by atoms with Crippen LogP contribution < -0.4 is 21.0 Å². The van der Waals surface area contributed by atoms with E-state index in [9.17, 15) is 19.3 Å². The lowest BCUT2D eigenvalue weighted by atomic mass is 10.1. The van der Waals surface area contributed by atoms with Gasteiger partial charge in [-0.1, -0.05) is 44.9 Å². The maximum atomic E-state index is 13.5. The second-order valence-electron chi connectivity index (χ2n) is 8.37. The van der Waals surface area contributed by atoms with E-state index in [2.05, 4.69) is 10.1 Å². The largest absolute Gasteiger partial charge is 0.464 e. The number of carbonyl (C=O) groups is 1. The summed E-state index contributed by atoms with van der Waals surface area (Å²) >= 11 is 1.29. The Kier molecular flexibility index (Phi) is 10.4. The van der Waals surface area contributed by atoms with Crippen LogP contribution in [-0.2, 0) is 18.6 Å². The maximum Gasteiger partial charge on any atom is 0.459 e. The Hall–Kier alpha value is -2.37. The van der Waals surface area contributed by atoms with E-state index >= 15 is 0 Å². The summed E-state index contributed by atoms with van der Waals surface area (Å²) in [6, 6.07) is 9.93. The number of thioether (sulfide) groups is 1. The molecule has 0 unspecified atom stereocenters. The van der Waals surface area contributed by atoms with E-state index in [1.165, 1.54) is 28.6 Å². The summed E-state index contributed by atoms with van der Waals surface area (Å²) in [7, 11) is -4.02. The van der Waals surface area contributed by atoms with Gasteiger partial charge in [-0.3, -0.25) is 13.9 Å². The fraction of sp³-hybridized carbons (Fsp3) is 0.522. The Labute approximate surface area is 214 Å². The van der Waals surface area contributed by atoms with E-state index in [4.69, 9.17) is 19.5 Å². The summed E-state index contributed by atoms with van der Waals surface area (Å²) in [4.78, 5) is 28.1. The van der Waals surface area contributed by atoms with Crippen molar-refractivity contribution in [1.82, 2.24) is 14.6 Å². The lowest BCUT2D eigenvalue weighted by Gasteiger charge is -2.22. The first kappa shape index (κ1) is 28.2. The second-order valence-corrected chi connectivity index (χ2v) is 11.5. The molecule has 1 aliphatic rings. The van der Waals surface area contributed by atoms with E-state index in [0.29, 0.717) is 0 Å². The number of anilines is 1. The van der Waals surface area contributed by atoms with Crippen LogP contribution in [0.4, 0.5) is 5.82 Å². The van der Waals surface area contributed by atoms with Crippen molar-refractivity contribution in [2.75, 3.05) is 25.5 Å². The van der Waals surface area contributed by atoms with Crippen LogP contribution in [0.2, 0.25) is 0 Å². The molecule has 1 saturated heterocycles. The number of aliphatic hydroxyl groups excluding tert-OH is 1. The molecule has 0 aliphatic carbocycles. The molecule has 11 nitrogen and oxygen atoms in total. The van der Waals surface area contributed by atoms with Crippen LogP contribution >= 0.6 is 19.5 Å². The number of carbonyl (C=O) groups excluding carboxylic acids is 1. The Balaban J connectivity index is 1.63. The first-order valence-electron chi connectivity index (χ1n) is 11.8. The molecule has 3 rings (SSSR count). The van der Waals surface area contributed by atoms with Crippen LogP contribution in [0.25, 0.3) is 0 Å². The fourth-order valence-electron chi connectivity index (χ4n) is 3.52. The summed E-state index contributed by atoms with van der Waals surface area (Å²) in [5.41, 5.74) is 5.03. The summed E-state index contributed by atoms with van der Waals surface area (Å²) in [6.45, 7) is 3.80. The molecule has 1 fully saturated rings. The SMILES string of the molecule is CCC(CC)COC(=O)CN[P@](=O)(OC[C@H]1S[C@@H](n2ccc(N)nc2=O)C[C@H]1O)Oc1ccccc1. The number of nitrogens with one attached hydrogen (secondary N) is 1. The Morgan fingerprint density at radius 2 is 2.03 bits per heavy atom. The van der Waals surface area contributed by atoms with Crippen LogP contribution in [0.5, 0.6) is 5.75 Å². The standard InChI is InChI=1S/C23H33N4O7PS/c1-3-16(4-2)14-32-22(29)13-25-35(31,34-17-8-6-5-7-9-17)33-15-19-18(28)12-21(36-19)27-11-10-20(24)26-23(27)30/h5-11,16,18-19,21,28H,3-4,12-15H2,1-2H3,(H,25,31)(H2,24,26,30)/t18-,19-,21-,35+/m1/s1. The molecule has 1 aromatic heterocycles. The minimum atomic E-state index is -4.02. The highest BCUT2D eigenvalue weighted by molar-refractivity contribution is 8.00. The van der Waals surface area contributed by atoms with Crippen LogP contribution in [0.1, 0.15) is 38.5 Å². The number of benzene rings is 1. The Morgan fingerprint density at radius 3 is 2.69 bits per heavy atom. The van der Waals surface area contributed by atoms with Crippen LogP contribution in [0.15, 0.2) is 47.4 Å². The zero-order valence-corrected chi connectivity index (χ0v) is 22.0. The summed E-state index contributed by atoms with van der Waals surface area (Å²) < 4.78 is 31.4. The highest BCUT2D eigenvalue weighted by Gasteiger charge is 2.38. The lowest BCUT2D eigenvalue weighted by Crippen LogP contribution is -2.29. The van der Waals surface area contributed by atoms with E-state index in [0.717, 1.165) is 12.8 Å². The quantitative estimate of drug-likeness (QED) is 0.254. The fourth-order valence-corrected chi connectivity index (χ4v) is 6.36. The van der Waals surface area contributed by atoms with Crippen molar-refractivity contribution in [3.05, 3.63) is 53.1 Å². The van der Waals surface area contributed by atoms with Gasteiger partial charge < -0.3 is 20.1 Å². The highest BCUT2D eigenvalue weighted by atomic mass is 32.2. The van der Waals surface area contributed by atoms with Gasteiger partial charge in [0.15, 0.2) is 0 Å². The van der Waals surface area contributed by atoms with Gasteiger partial charge >= 0.3 is 19.4 Å². The minimum absolute atomic E-state index is 0.114. The van der Waals surface area contributed by atoms with E-state index < -0.39 is 36.1 Å². The van der Waals surface area contributed by atoms with Gasteiger partial charge in [0.05, 0.1) is 29.9 Å². The van der Waals surface area contributed by atoms with Gasteiger partial charge in [0.2, 0.25) is 0 Å². The van der Waals surface area contributed by atoms with Gasteiger partial charge in [-0.05, 0) is 24.1 Å². The Bertz CT molecular complexity index is 1100. The molecule has 1 aromatic carbocycles. The van der Waals surface area contributed by atoms with Gasteiger partial charge in [-0.25, -0.2) is 14.4 Å². The van der Waals surface area contributed by atoms with Gasteiger partial charge in [-0.15, -0.1) is 11.8 Å². The van der Waals surface area contributed by atoms with Crippen molar-refractivity contribution < 1.29 is 28.3 Å². The van der Waals surface area contributed by atoms with Crippen LogP contribution in [0, 0.1) is 5.92 Å². The average Bonchev–Trinajstić information content (AvgIpc) is 3.23. The van der Waals surface area contributed by atoms with Gasteiger partial charge in [0, 0.05) is 12.6 Å². The molecule has 4 atom stereocenters. The maximum absolute atomic E-state index is 13.5. The van der Waals surface area contributed by atoms with Crippen molar-refractivity contribution in [2.24, 2.45) is 5.92 Å². The van der Waals surface area contributed by atoms with E-state index in [1.54, 1.807) is 30.3 Å². The number of aliphatic hydroxyl groups is 1. The molecule has 2 heterocycles. The Morgan fingerprint density at radius 1 is 1.31 bits per heavy atom. The normalized spacial score (nSPS) is 21.3. The lowest BCUT2D eigenvalue weighted by molar-refractivity contribution is -0.143. The molecule has 13 heteroatoms. The van der Waals surface area contributed by atoms with Gasteiger partial charge in [-0.2, -0.15) is 4.98 Å². The third-order valence-electron chi connectivity index (χ3n) is 5.80. The zero-order chi connectivity index (χ0) is 26.1. The third-order valence-corrected chi connectivity index (χ3v) is 8.81. The van der Waals surface area contributed by atoms with E-state index in [1.807, 2.05) is 13.8 Å². The number of hydrogen-bond donors (Lipinski definition) is 3. The minimum Gasteiger partial charge on any atom is -0.464 e. The number of rotatable bonds is 13. The summed E-state index contributed by atoms with van der Waals surface area (Å²) in [5, 5.41) is 12.2. The number of nitrogens with two attached hydrogens (primary N) is 1. The predicted molar refractivity (Wildman–Crippen MR) is 138 cm³/mol. The number of para-hydroxylation sites is 1. The van der Waals surface area contributed by atoms with Crippen molar-refractivity contribution >= 4 is 31.3 Å². The molecular formula is C23H33N4O7PS. The smallest absolute Gasteiger partial charge is 0.459 e. The number of nitrogens with zero attached hydrogens (tertiary/aromatic N) is 2.